The number of hydrogen-bond donors (Lipinski definition) is 2. The lowest BCUT2D eigenvalue weighted by Crippen LogP contribution is -2.24. The monoisotopic (exact) mass is 232 g/mol. The van der Waals surface area contributed by atoms with Crippen LogP contribution in [0.15, 0.2) is 36.4 Å². The van der Waals surface area contributed by atoms with E-state index < -0.39 is 0 Å². The van der Waals surface area contributed by atoms with Gasteiger partial charge in [-0.1, -0.05) is 12.2 Å². The van der Waals surface area contributed by atoms with E-state index in [9.17, 15) is 9.59 Å². The molecule has 0 unspecified atom stereocenters. The van der Waals surface area contributed by atoms with Gasteiger partial charge in [0.05, 0.1) is 0 Å². The van der Waals surface area contributed by atoms with E-state index >= 15 is 0 Å². The van der Waals surface area contributed by atoms with Gasteiger partial charge in [-0.25, -0.2) is 0 Å². The molecule has 0 aromatic heterocycles. The molecule has 0 bridgehead atoms. The minimum atomic E-state index is -0.151. The third-order valence-electron chi connectivity index (χ3n) is 2.02. The van der Waals surface area contributed by atoms with Crippen molar-refractivity contribution in [1.82, 2.24) is 5.32 Å². The quantitative estimate of drug-likeness (QED) is 0.779. The molecule has 2 N–H and O–H groups in total. The maximum Gasteiger partial charge on any atom is 0.251 e. The van der Waals surface area contributed by atoms with Crippen LogP contribution in [-0.2, 0) is 4.79 Å². The van der Waals surface area contributed by atoms with E-state index in [2.05, 4.69) is 17.2 Å². The first kappa shape index (κ1) is 13.0. The normalized spacial score (nSPS) is 9.53. The molecule has 0 saturated heterocycles. The third kappa shape index (κ3) is 4.51. The van der Waals surface area contributed by atoms with Gasteiger partial charge in [-0.05, 0) is 31.2 Å². The SMILES string of the molecule is C=C(C)CNC(=O)c1ccc(NC(C)=O)cc1. The number of benzene rings is 1. The summed E-state index contributed by atoms with van der Waals surface area (Å²) in [6.45, 7) is 7.46. The predicted molar refractivity (Wildman–Crippen MR) is 67.9 cm³/mol. The van der Waals surface area contributed by atoms with Crippen LogP contribution in [0.2, 0.25) is 0 Å². The molecule has 2 amide bonds. The second-order valence-corrected chi connectivity index (χ2v) is 3.90. The molecule has 4 nitrogen and oxygen atoms in total. The molecule has 1 aromatic rings. The van der Waals surface area contributed by atoms with Gasteiger partial charge in [0.25, 0.3) is 5.91 Å². The molecule has 90 valence electrons. The Hall–Kier alpha value is -2.10. The second-order valence-electron chi connectivity index (χ2n) is 3.90. The third-order valence-corrected chi connectivity index (χ3v) is 2.02. The summed E-state index contributed by atoms with van der Waals surface area (Å²) in [5.74, 6) is -0.285. The van der Waals surface area contributed by atoms with Crippen molar-refractivity contribution in [3.63, 3.8) is 0 Å². The topological polar surface area (TPSA) is 58.2 Å². The maximum atomic E-state index is 11.6. The van der Waals surface area contributed by atoms with E-state index in [1.807, 2.05) is 6.92 Å². The molecule has 0 atom stereocenters. The molecule has 0 radical (unpaired) electrons. The van der Waals surface area contributed by atoms with Gasteiger partial charge in [0.1, 0.15) is 0 Å². The molecule has 4 heteroatoms. The molecule has 0 saturated carbocycles. The van der Waals surface area contributed by atoms with Gasteiger partial charge < -0.3 is 10.6 Å². The van der Waals surface area contributed by atoms with Crippen LogP contribution in [-0.4, -0.2) is 18.4 Å². The summed E-state index contributed by atoms with van der Waals surface area (Å²) < 4.78 is 0. The molecule has 1 rings (SSSR count). The van der Waals surface area contributed by atoms with Crippen molar-refractivity contribution >= 4 is 17.5 Å². The lowest BCUT2D eigenvalue weighted by Gasteiger charge is -2.06. The van der Waals surface area contributed by atoms with Crippen molar-refractivity contribution < 1.29 is 9.59 Å². The van der Waals surface area contributed by atoms with Crippen LogP contribution in [0.5, 0.6) is 0 Å². The first-order valence-corrected chi connectivity index (χ1v) is 5.29. The zero-order valence-corrected chi connectivity index (χ0v) is 10.0. The summed E-state index contributed by atoms with van der Waals surface area (Å²) in [4.78, 5) is 22.5. The Morgan fingerprint density at radius 2 is 1.76 bits per heavy atom. The van der Waals surface area contributed by atoms with E-state index in [1.54, 1.807) is 24.3 Å². The zero-order chi connectivity index (χ0) is 12.8. The number of hydrogen-bond acceptors (Lipinski definition) is 2. The minimum Gasteiger partial charge on any atom is -0.348 e. The Balaban J connectivity index is 2.63. The summed E-state index contributed by atoms with van der Waals surface area (Å²) >= 11 is 0. The fraction of sp³-hybridized carbons (Fsp3) is 0.231. The molecule has 1 aromatic carbocycles. The average Bonchev–Trinajstić information content (AvgIpc) is 2.26. The summed E-state index contributed by atoms with van der Waals surface area (Å²) in [5.41, 5.74) is 2.13. The minimum absolute atomic E-state index is 0.135. The van der Waals surface area contributed by atoms with Gasteiger partial charge in [-0.15, -0.1) is 0 Å². The van der Waals surface area contributed by atoms with Crippen molar-refractivity contribution in [3.8, 4) is 0 Å². The molecule has 0 aliphatic heterocycles. The van der Waals surface area contributed by atoms with E-state index in [-0.39, 0.29) is 11.8 Å². The highest BCUT2D eigenvalue weighted by Gasteiger charge is 2.04. The Kier molecular flexibility index (Phi) is 4.46. The van der Waals surface area contributed by atoms with Crippen LogP contribution in [0.3, 0.4) is 0 Å². The Labute approximate surface area is 101 Å². The van der Waals surface area contributed by atoms with Crippen LogP contribution < -0.4 is 10.6 Å². The van der Waals surface area contributed by atoms with Crippen LogP contribution in [0.25, 0.3) is 0 Å². The first-order chi connectivity index (χ1) is 7.99. The summed E-state index contributed by atoms with van der Waals surface area (Å²) in [6.07, 6.45) is 0. The van der Waals surface area contributed by atoms with E-state index in [1.165, 1.54) is 6.92 Å². The fourth-order valence-electron chi connectivity index (χ4n) is 1.24. The lowest BCUT2D eigenvalue weighted by atomic mass is 10.2. The van der Waals surface area contributed by atoms with Crippen molar-refractivity contribution in [2.75, 3.05) is 11.9 Å². The van der Waals surface area contributed by atoms with Crippen LogP contribution in [0, 0.1) is 0 Å². The van der Waals surface area contributed by atoms with Gasteiger partial charge >= 0.3 is 0 Å². The molecule has 0 heterocycles. The van der Waals surface area contributed by atoms with E-state index in [0.29, 0.717) is 17.8 Å². The van der Waals surface area contributed by atoms with Crippen molar-refractivity contribution in [3.05, 3.63) is 42.0 Å². The zero-order valence-electron chi connectivity index (χ0n) is 10.0. The van der Waals surface area contributed by atoms with Gasteiger partial charge in [0.15, 0.2) is 0 Å². The highest BCUT2D eigenvalue weighted by Crippen LogP contribution is 2.09. The highest BCUT2D eigenvalue weighted by molar-refractivity contribution is 5.95. The molecular weight excluding hydrogens is 216 g/mol. The van der Waals surface area contributed by atoms with Crippen LogP contribution in [0.1, 0.15) is 24.2 Å². The predicted octanol–water partition coefficient (Wildman–Crippen LogP) is 1.95. The molecule has 0 aliphatic carbocycles. The number of anilines is 1. The smallest absolute Gasteiger partial charge is 0.251 e. The number of amides is 2. The van der Waals surface area contributed by atoms with Crippen molar-refractivity contribution in [2.45, 2.75) is 13.8 Å². The standard InChI is InChI=1S/C13H16N2O2/c1-9(2)8-14-13(17)11-4-6-12(7-5-11)15-10(3)16/h4-7H,1,8H2,2-3H3,(H,14,17)(H,15,16). The number of carbonyl (C=O) groups is 2. The number of rotatable bonds is 4. The molecule has 0 aliphatic rings. The van der Waals surface area contributed by atoms with Gasteiger partial charge in [0, 0.05) is 24.7 Å². The number of nitrogens with one attached hydrogen (secondary N) is 2. The van der Waals surface area contributed by atoms with Crippen LogP contribution >= 0.6 is 0 Å². The lowest BCUT2D eigenvalue weighted by molar-refractivity contribution is -0.114. The summed E-state index contributed by atoms with van der Waals surface area (Å²) in [7, 11) is 0. The molecule has 0 fully saturated rings. The Morgan fingerprint density at radius 3 is 2.24 bits per heavy atom. The summed E-state index contributed by atoms with van der Waals surface area (Å²) in [6, 6.07) is 6.71. The molecular formula is C13H16N2O2. The molecule has 17 heavy (non-hydrogen) atoms. The van der Waals surface area contributed by atoms with Gasteiger partial charge in [0.2, 0.25) is 5.91 Å². The maximum absolute atomic E-state index is 11.6. The second kappa shape index (κ2) is 5.84. The average molecular weight is 232 g/mol. The fourth-order valence-corrected chi connectivity index (χ4v) is 1.24. The largest absolute Gasteiger partial charge is 0.348 e. The van der Waals surface area contributed by atoms with Crippen molar-refractivity contribution in [1.29, 1.82) is 0 Å². The van der Waals surface area contributed by atoms with Crippen LogP contribution in [0.4, 0.5) is 5.69 Å². The number of carbonyl (C=O) groups excluding carboxylic acids is 2. The van der Waals surface area contributed by atoms with E-state index in [4.69, 9.17) is 0 Å². The van der Waals surface area contributed by atoms with Gasteiger partial charge in [-0.3, -0.25) is 9.59 Å². The Bertz CT molecular complexity index is 435. The van der Waals surface area contributed by atoms with E-state index in [0.717, 1.165) is 5.57 Å². The van der Waals surface area contributed by atoms with Crippen molar-refractivity contribution in [2.24, 2.45) is 0 Å². The molecule has 0 spiro atoms. The Morgan fingerprint density at radius 1 is 1.18 bits per heavy atom. The van der Waals surface area contributed by atoms with Gasteiger partial charge in [-0.2, -0.15) is 0 Å². The first-order valence-electron chi connectivity index (χ1n) is 5.29. The summed E-state index contributed by atoms with van der Waals surface area (Å²) in [5, 5.41) is 5.37. The highest BCUT2D eigenvalue weighted by atomic mass is 16.2.